The van der Waals surface area contributed by atoms with Crippen LogP contribution in [0.25, 0.3) is 11.0 Å². The number of halogens is 2. The number of rotatable bonds is 2. The van der Waals surface area contributed by atoms with Gasteiger partial charge in [-0.05, 0) is 19.9 Å². The lowest BCUT2D eigenvalue weighted by Gasteiger charge is -2.25. The predicted molar refractivity (Wildman–Crippen MR) is 75.2 cm³/mol. The van der Waals surface area contributed by atoms with Crippen molar-refractivity contribution in [1.82, 2.24) is 9.55 Å². The van der Waals surface area contributed by atoms with Crippen LogP contribution in [0.1, 0.15) is 20.1 Å². The quantitative estimate of drug-likeness (QED) is 0.772. The maximum atomic E-state index is 14.9. The van der Waals surface area contributed by atoms with Crippen LogP contribution in [0.15, 0.2) is 18.5 Å². The number of alkyl halides is 1. The Labute approximate surface area is 125 Å². The van der Waals surface area contributed by atoms with Gasteiger partial charge >= 0.3 is 0 Å². The molecule has 0 bridgehead atoms. The van der Waals surface area contributed by atoms with Crippen LogP contribution >= 0.6 is 0 Å². The lowest BCUT2D eigenvalue weighted by molar-refractivity contribution is -0.0795. The highest BCUT2D eigenvalue weighted by Crippen LogP contribution is 2.44. The molecule has 1 saturated heterocycles. The van der Waals surface area contributed by atoms with E-state index in [1.165, 1.54) is 19.2 Å². The Morgan fingerprint density at radius 2 is 2.23 bits per heavy atom. The largest absolute Gasteiger partial charge is 0.398 e. The van der Waals surface area contributed by atoms with Crippen LogP contribution in [-0.4, -0.2) is 43.7 Å². The van der Waals surface area contributed by atoms with E-state index in [1.54, 1.807) is 0 Å². The molecule has 0 radical (unpaired) electrons. The van der Waals surface area contributed by atoms with Crippen molar-refractivity contribution in [3.8, 4) is 0 Å². The van der Waals surface area contributed by atoms with E-state index in [0.29, 0.717) is 0 Å². The molecule has 0 saturated carbocycles. The third kappa shape index (κ3) is 1.98. The zero-order valence-corrected chi connectivity index (χ0v) is 12.1. The molecule has 120 valence electrons. The number of aliphatic hydroxyl groups excluding tert-OH is 2. The molecule has 1 aliphatic heterocycles. The molecule has 0 aliphatic carbocycles. The van der Waals surface area contributed by atoms with Crippen molar-refractivity contribution in [2.24, 2.45) is 0 Å². The van der Waals surface area contributed by atoms with E-state index in [4.69, 9.17) is 10.5 Å². The first kappa shape index (κ1) is 15.1. The molecule has 4 N–H and O–H groups in total. The molecule has 1 fully saturated rings. The van der Waals surface area contributed by atoms with E-state index in [2.05, 4.69) is 4.98 Å². The Hall–Kier alpha value is -1.77. The van der Waals surface area contributed by atoms with Crippen molar-refractivity contribution in [2.45, 2.75) is 44.1 Å². The second-order valence-corrected chi connectivity index (χ2v) is 5.77. The molecule has 6 nitrogen and oxygen atoms in total. The number of aromatic nitrogens is 2. The Kier molecular flexibility index (Phi) is 3.35. The van der Waals surface area contributed by atoms with E-state index in [9.17, 15) is 19.0 Å². The van der Waals surface area contributed by atoms with Gasteiger partial charge in [-0.1, -0.05) is 0 Å². The summed E-state index contributed by atoms with van der Waals surface area (Å²) in [5.74, 6) is -0.657. The average molecular weight is 313 g/mol. The zero-order valence-electron chi connectivity index (χ0n) is 12.1. The molecule has 1 aliphatic rings. The zero-order chi connectivity index (χ0) is 16.2. The minimum atomic E-state index is -2.23. The third-order valence-electron chi connectivity index (χ3n) is 4.09. The number of nitrogens with two attached hydrogens (primary N) is 1. The van der Waals surface area contributed by atoms with Crippen LogP contribution in [0.3, 0.4) is 0 Å². The number of hydrogen-bond acceptors (Lipinski definition) is 5. The highest BCUT2D eigenvalue weighted by molar-refractivity contribution is 5.89. The summed E-state index contributed by atoms with van der Waals surface area (Å²) in [5, 5.41) is 19.7. The van der Waals surface area contributed by atoms with Gasteiger partial charge in [0.15, 0.2) is 17.7 Å². The minimum absolute atomic E-state index is 0.0666. The fourth-order valence-corrected chi connectivity index (χ4v) is 2.87. The summed E-state index contributed by atoms with van der Waals surface area (Å²) in [4.78, 5) is 4.02. The van der Waals surface area contributed by atoms with Crippen LogP contribution in [-0.2, 0) is 4.74 Å². The highest BCUT2D eigenvalue weighted by Gasteiger charge is 2.56. The van der Waals surface area contributed by atoms with Crippen LogP contribution in [0.2, 0.25) is 0 Å². The molecule has 0 aromatic carbocycles. The molecule has 2 aromatic heterocycles. The maximum Gasteiger partial charge on any atom is 0.181 e. The first-order chi connectivity index (χ1) is 10.2. The van der Waals surface area contributed by atoms with Gasteiger partial charge in [0.05, 0.1) is 11.5 Å². The summed E-state index contributed by atoms with van der Waals surface area (Å²) >= 11 is 0. The van der Waals surface area contributed by atoms with Gasteiger partial charge in [-0.25, -0.2) is 13.8 Å². The number of fused-ring (bicyclic) bond motifs is 1. The van der Waals surface area contributed by atoms with E-state index in [0.717, 1.165) is 17.7 Å². The summed E-state index contributed by atoms with van der Waals surface area (Å²) in [5.41, 5.74) is 3.78. The second kappa shape index (κ2) is 4.87. The molecule has 2 aromatic rings. The summed E-state index contributed by atoms with van der Waals surface area (Å²) in [6.07, 6.45) is -2.68. The Morgan fingerprint density at radius 1 is 1.55 bits per heavy atom. The molecular formula is C14H17F2N3O3. The number of pyridine rings is 1. The minimum Gasteiger partial charge on any atom is -0.398 e. The van der Waals surface area contributed by atoms with Gasteiger partial charge in [0.2, 0.25) is 0 Å². The van der Waals surface area contributed by atoms with Crippen LogP contribution in [0, 0.1) is 5.82 Å². The summed E-state index contributed by atoms with van der Waals surface area (Å²) < 4.78 is 35.6. The van der Waals surface area contributed by atoms with Gasteiger partial charge in [0, 0.05) is 18.1 Å². The fourth-order valence-electron chi connectivity index (χ4n) is 2.87. The molecule has 0 spiro atoms. The predicted octanol–water partition coefficient (Wildman–Crippen LogP) is 1.12. The number of nitrogen functional groups attached to an aromatic ring is 1. The standard InChI is InChI=1S/C14H17F2N3O3/c1-6(20)10-11(21)14(2,16)13(22-10)19-5-7(15)9-8(17)3-4-18-12(9)19/h3-6,10-11,13,20-21H,1-2H3,(H2,17,18)/t6-,10+,11+,13+,14+/m0/s1. The van der Waals surface area contributed by atoms with Gasteiger partial charge in [-0.15, -0.1) is 0 Å². The monoisotopic (exact) mass is 313 g/mol. The molecule has 22 heavy (non-hydrogen) atoms. The second-order valence-electron chi connectivity index (χ2n) is 5.77. The normalized spacial score (nSPS) is 33.5. The van der Waals surface area contributed by atoms with E-state index < -0.39 is 36.0 Å². The van der Waals surface area contributed by atoms with Gasteiger partial charge < -0.3 is 20.7 Å². The Balaban J connectivity index is 2.14. The van der Waals surface area contributed by atoms with Crippen molar-refractivity contribution < 1.29 is 23.7 Å². The molecule has 3 heterocycles. The van der Waals surface area contributed by atoms with Crippen molar-refractivity contribution in [1.29, 1.82) is 0 Å². The van der Waals surface area contributed by atoms with Gasteiger partial charge in [-0.3, -0.25) is 4.57 Å². The van der Waals surface area contributed by atoms with E-state index in [1.807, 2.05) is 0 Å². The smallest absolute Gasteiger partial charge is 0.181 e. The molecular weight excluding hydrogens is 296 g/mol. The third-order valence-corrected chi connectivity index (χ3v) is 4.09. The Morgan fingerprint density at radius 3 is 2.82 bits per heavy atom. The van der Waals surface area contributed by atoms with Crippen LogP contribution in [0.4, 0.5) is 14.5 Å². The Bertz CT molecular complexity index is 717. The van der Waals surface area contributed by atoms with Crippen molar-refractivity contribution >= 4 is 16.7 Å². The molecule has 0 unspecified atom stereocenters. The van der Waals surface area contributed by atoms with Crippen LogP contribution < -0.4 is 5.73 Å². The summed E-state index contributed by atoms with van der Waals surface area (Å²) in [6, 6.07) is 1.44. The van der Waals surface area contributed by atoms with Gasteiger partial charge in [-0.2, -0.15) is 0 Å². The van der Waals surface area contributed by atoms with E-state index in [-0.39, 0.29) is 16.7 Å². The number of aliphatic hydroxyl groups is 2. The van der Waals surface area contributed by atoms with Crippen LogP contribution in [0.5, 0.6) is 0 Å². The lowest BCUT2D eigenvalue weighted by atomic mass is 9.96. The summed E-state index contributed by atoms with van der Waals surface area (Å²) in [6.45, 7) is 2.53. The lowest BCUT2D eigenvalue weighted by Crippen LogP contribution is -2.42. The molecule has 3 rings (SSSR count). The number of hydrogen-bond donors (Lipinski definition) is 3. The number of anilines is 1. The molecule has 8 heteroatoms. The SMILES string of the molecule is C[C@H](O)[C@H]1O[C@@H](n2cc(F)c3c(N)ccnc32)[C@](C)(F)[C@@H]1O. The van der Waals surface area contributed by atoms with Crippen molar-refractivity contribution in [3.63, 3.8) is 0 Å². The first-order valence-electron chi connectivity index (χ1n) is 6.86. The first-order valence-corrected chi connectivity index (χ1v) is 6.86. The van der Waals surface area contributed by atoms with E-state index >= 15 is 0 Å². The summed E-state index contributed by atoms with van der Waals surface area (Å²) in [7, 11) is 0. The average Bonchev–Trinajstić information content (AvgIpc) is 2.87. The van der Waals surface area contributed by atoms with Crippen molar-refractivity contribution in [2.75, 3.05) is 5.73 Å². The fraction of sp³-hybridized carbons (Fsp3) is 0.500. The molecule has 0 amide bonds. The van der Waals surface area contributed by atoms with Gasteiger partial charge in [0.25, 0.3) is 0 Å². The van der Waals surface area contributed by atoms with Crippen molar-refractivity contribution in [3.05, 3.63) is 24.3 Å². The molecule has 5 atom stereocenters. The van der Waals surface area contributed by atoms with Gasteiger partial charge in [0.1, 0.15) is 17.9 Å². The highest BCUT2D eigenvalue weighted by atomic mass is 19.1. The topological polar surface area (TPSA) is 93.5 Å². The number of ether oxygens (including phenoxy) is 1. The number of nitrogens with zero attached hydrogens (tertiary/aromatic N) is 2. The maximum absolute atomic E-state index is 14.9.